The summed E-state index contributed by atoms with van der Waals surface area (Å²) in [5.74, 6) is 1.95. The molecule has 7 heteroatoms. The Hall–Kier alpha value is -3.22. The number of nitrogens with zero attached hydrogens (tertiary/aromatic N) is 2. The molecule has 1 aliphatic carbocycles. The minimum Gasteiger partial charge on any atom is -0.467 e. The van der Waals surface area contributed by atoms with Crippen LogP contribution in [-0.4, -0.2) is 32.9 Å². The summed E-state index contributed by atoms with van der Waals surface area (Å²) in [4.78, 5) is 29.2. The Morgan fingerprint density at radius 1 is 1.09 bits per heavy atom. The first kappa shape index (κ1) is 21.6. The topological polar surface area (TPSA) is 80.6 Å². The summed E-state index contributed by atoms with van der Waals surface area (Å²) in [6.07, 6.45) is 6.45. The first-order valence-electron chi connectivity index (χ1n) is 11.8. The standard InChI is InChI=1S/C26H31N3O4/c1-17-7-4-9-20(18(17)2)27-25(31)26(3)16-28-21(23-10-6-14-33-23)11-12-22(28)24(30)29(26)15-19-8-5-13-32-19/h5-6,8,10-14,17-18,20H,4,7,9,15-16H2,1-3H3,(H,27,31). The van der Waals surface area contributed by atoms with E-state index in [4.69, 9.17) is 8.83 Å². The van der Waals surface area contributed by atoms with Gasteiger partial charge >= 0.3 is 0 Å². The van der Waals surface area contributed by atoms with Gasteiger partial charge in [-0.2, -0.15) is 0 Å². The quantitative estimate of drug-likeness (QED) is 0.612. The predicted octanol–water partition coefficient (Wildman–Crippen LogP) is 4.70. The smallest absolute Gasteiger partial charge is 0.271 e. The fourth-order valence-electron chi connectivity index (χ4n) is 5.33. The lowest BCUT2D eigenvalue weighted by molar-refractivity contribution is -0.134. The molecular weight excluding hydrogens is 418 g/mol. The van der Waals surface area contributed by atoms with Gasteiger partial charge in [0.05, 0.1) is 31.3 Å². The SMILES string of the molecule is CC1CCCC(NC(=O)C2(C)Cn3c(ccc3-c3ccco3)C(=O)N2Cc2ccco2)C1C. The van der Waals surface area contributed by atoms with E-state index in [1.165, 1.54) is 6.42 Å². The van der Waals surface area contributed by atoms with Crippen LogP contribution in [0.3, 0.4) is 0 Å². The zero-order valence-electron chi connectivity index (χ0n) is 19.4. The van der Waals surface area contributed by atoms with Crippen molar-refractivity contribution < 1.29 is 18.4 Å². The van der Waals surface area contributed by atoms with Gasteiger partial charge in [-0.25, -0.2) is 0 Å². The summed E-state index contributed by atoms with van der Waals surface area (Å²) in [7, 11) is 0. The predicted molar refractivity (Wildman–Crippen MR) is 123 cm³/mol. The Labute approximate surface area is 193 Å². The van der Waals surface area contributed by atoms with Crippen LogP contribution in [-0.2, 0) is 17.9 Å². The van der Waals surface area contributed by atoms with Crippen molar-refractivity contribution >= 4 is 11.8 Å². The van der Waals surface area contributed by atoms with E-state index in [2.05, 4.69) is 19.2 Å². The first-order chi connectivity index (χ1) is 15.9. The lowest BCUT2D eigenvalue weighted by Crippen LogP contribution is -2.65. The minimum absolute atomic E-state index is 0.106. The molecular formula is C26H31N3O4. The van der Waals surface area contributed by atoms with E-state index in [0.29, 0.717) is 35.6 Å². The zero-order chi connectivity index (χ0) is 23.2. The van der Waals surface area contributed by atoms with Crippen molar-refractivity contribution in [1.29, 1.82) is 0 Å². The fraction of sp³-hybridized carbons (Fsp3) is 0.462. The number of nitrogens with one attached hydrogen (secondary N) is 1. The van der Waals surface area contributed by atoms with Gasteiger partial charge in [0.2, 0.25) is 5.91 Å². The van der Waals surface area contributed by atoms with E-state index in [1.807, 2.05) is 35.8 Å². The first-order valence-corrected chi connectivity index (χ1v) is 11.8. The fourth-order valence-corrected chi connectivity index (χ4v) is 5.33. The molecule has 4 unspecified atom stereocenters. The van der Waals surface area contributed by atoms with Crippen LogP contribution in [0.5, 0.6) is 0 Å². The maximum absolute atomic E-state index is 13.9. The van der Waals surface area contributed by atoms with Crippen molar-refractivity contribution in [2.45, 2.75) is 64.7 Å². The third kappa shape index (κ3) is 3.69. The van der Waals surface area contributed by atoms with E-state index < -0.39 is 5.54 Å². The number of rotatable bonds is 5. The number of hydrogen-bond donors (Lipinski definition) is 1. The Morgan fingerprint density at radius 3 is 2.58 bits per heavy atom. The molecule has 33 heavy (non-hydrogen) atoms. The molecule has 0 bridgehead atoms. The highest BCUT2D eigenvalue weighted by Gasteiger charge is 2.49. The number of fused-ring (bicyclic) bond motifs is 1. The average Bonchev–Trinajstić information content (AvgIpc) is 3.56. The highest BCUT2D eigenvalue weighted by Crippen LogP contribution is 2.35. The van der Waals surface area contributed by atoms with Crippen LogP contribution in [0.15, 0.2) is 57.8 Å². The van der Waals surface area contributed by atoms with E-state index in [0.717, 1.165) is 18.5 Å². The Balaban J connectivity index is 1.51. The Morgan fingerprint density at radius 2 is 1.85 bits per heavy atom. The molecule has 0 spiro atoms. The molecule has 7 nitrogen and oxygen atoms in total. The molecule has 3 aromatic heterocycles. The third-order valence-corrected chi connectivity index (χ3v) is 7.69. The van der Waals surface area contributed by atoms with Gasteiger partial charge in [0.15, 0.2) is 0 Å². The van der Waals surface area contributed by atoms with Crippen LogP contribution < -0.4 is 5.32 Å². The number of amides is 2. The molecule has 1 aliphatic heterocycles. The van der Waals surface area contributed by atoms with Crippen LogP contribution in [0.1, 0.15) is 56.3 Å². The highest BCUT2D eigenvalue weighted by atomic mass is 16.3. The van der Waals surface area contributed by atoms with Gasteiger partial charge < -0.3 is 23.6 Å². The van der Waals surface area contributed by atoms with Crippen LogP contribution in [0.2, 0.25) is 0 Å². The number of furan rings is 2. The van der Waals surface area contributed by atoms with Gasteiger partial charge in [-0.1, -0.05) is 26.7 Å². The van der Waals surface area contributed by atoms with Gasteiger partial charge in [-0.15, -0.1) is 0 Å². The molecule has 5 rings (SSSR count). The maximum atomic E-state index is 13.9. The molecule has 1 saturated carbocycles. The molecule has 4 heterocycles. The Bertz CT molecular complexity index is 1130. The molecule has 0 radical (unpaired) electrons. The summed E-state index contributed by atoms with van der Waals surface area (Å²) in [5, 5.41) is 3.32. The van der Waals surface area contributed by atoms with Crippen molar-refractivity contribution in [2.24, 2.45) is 11.8 Å². The largest absolute Gasteiger partial charge is 0.467 e. The molecule has 3 aromatic rings. The van der Waals surface area contributed by atoms with Crippen molar-refractivity contribution in [2.75, 3.05) is 0 Å². The van der Waals surface area contributed by atoms with E-state index in [-0.39, 0.29) is 24.4 Å². The average molecular weight is 450 g/mol. The number of carbonyl (C=O) groups excluding carboxylic acids is 2. The molecule has 0 saturated heterocycles. The maximum Gasteiger partial charge on any atom is 0.271 e. The molecule has 2 aliphatic rings. The normalized spacial score (nSPS) is 27.4. The van der Waals surface area contributed by atoms with Gasteiger partial charge in [0, 0.05) is 6.04 Å². The van der Waals surface area contributed by atoms with Crippen LogP contribution >= 0.6 is 0 Å². The molecule has 4 atom stereocenters. The van der Waals surface area contributed by atoms with Crippen LogP contribution in [0.25, 0.3) is 11.5 Å². The van der Waals surface area contributed by atoms with Crippen molar-refractivity contribution in [3.05, 3.63) is 60.4 Å². The van der Waals surface area contributed by atoms with E-state index >= 15 is 0 Å². The number of aromatic nitrogens is 1. The van der Waals surface area contributed by atoms with Gasteiger partial charge in [-0.05, 0) is 61.6 Å². The summed E-state index contributed by atoms with van der Waals surface area (Å²) in [5.41, 5.74) is 0.245. The molecule has 1 fully saturated rings. The van der Waals surface area contributed by atoms with Gasteiger partial charge in [-0.3, -0.25) is 9.59 Å². The minimum atomic E-state index is -1.09. The highest BCUT2D eigenvalue weighted by molar-refractivity contribution is 6.00. The summed E-state index contributed by atoms with van der Waals surface area (Å²) >= 11 is 0. The van der Waals surface area contributed by atoms with Crippen molar-refractivity contribution in [3.63, 3.8) is 0 Å². The number of carbonyl (C=O) groups is 2. The Kier molecular flexibility index (Phi) is 5.43. The summed E-state index contributed by atoms with van der Waals surface area (Å²) < 4.78 is 13.1. The second kappa shape index (κ2) is 8.28. The monoisotopic (exact) mass is 449 g/mol. The second-order valence-electron chi connectivity index (χ2n) is 9.76. The summed E-state index contributed by atoms with van der Waals surface area (Å²) in [6.45, 7) is 6.88. The number of hydrogen-bond acceptors (Lipinski definition) is 4. The lowest BCUT2D eigenvalue weighted by atomic mass is 9.77. The van der Waals surface area contributed by atoms with E-state index in [9.17, 15) is 9.59 Å². The van der Waals surface area contributed by atoms with Crippen molar-refractivity contribution in [1.82, 2.24) is 14.8 Å². The second-order valence-corrected chi connectivity index (χ2v) is 9.76. The third-order valence-electron chi connectivity index (χ3n) is 7.69. The molecule has 0 aromatic carbocycles. The summed E-state index contributed by atoms with van der Waals surface area (Å²) in [6, 6.07) is 11.1. The van der Waals surface area contributed by atoms with Gasteiger partial charge in [0.25, 0.3) is 5.91 Å². The molecule has 1 N–H and O–H groups in total. The lowest BCUT2D eigenvalue weighted by Gasteiger charge is -2.45. The van der Waals surface area contributed by atoms with Gasteiger partial charge in [0.1, 0.15) is 22.8 Å². The van der Waals surface area contributed by atoms with E-state index in [1.54, 1.807) is 29.6 Å². The van der Waals surface area contributed by atoms with Crippen LogP contribution in [0, 0.1) is 11.8 Å². The zero-order valence-corrected chi connectivity index (χ0v) is 19.4. The molecule has 174 valence electrons. The van der Waals surface area contributed by atoms with Crippen molar-refractivity contribution in [3.8, 4) is 11.5 Å². The van der Waals surface area contributed by atoms with Crippen LogP contribution in [0.4, 0.5) is 0 Å². The molecule has 2 amide bonds.